The zero-order valence-corrected chi connectivity index (χ0v) is 16.0. The van der Waals surface area contributed by atoms with Crippen molar-refractivity contribution in [2.24, 2.45) is 5.92 Å². The molecule has 6 nitrogen and oxygen atoms in total. The molecule has 0 saturated heterocycles. The third kappa shape index (κ3) is 5.90. The molecule has 0 saturated carbocycles. The Balaban J connectivity index is 1.94. The first-order valence-electron chi connectivity index (χ1n) is 8.86. The number of rotatable bonds is 7. The molecule has 0 aromatic heterocycles. The minimum Gasteiger partial charge on any atom is -0.454 e. The van der Waals surface area contributed by atoms with Crippen molar-refractivity contribution in [2.75, 3.05) is 11.9 Å². The van der Waals surface area contributed by atoms with Gasteiger partial charge in [0.15, 0.2) is 6.61 Å². The number of hydrogen-bond donors (Lipinski definition) is 2. The summed E-state index contributed by atoms with van der Waals surface area (Å²) in [6, 6.07) is 11.5. The van der Waals surface area contributed by atoms with Gasteiger partial charge in [-0.05, 0) is 42.7 Å². The van der Waals surface area contributed by atoms with Crippen LogP contribution in [0.2, 0.25) is 0 Å². The van der Waals surface area contributed by atoms with Crippen LogP contribution in [-0.4, -0.2) is 30.4 Å². The lowest BCUT2D eigenvalue weighted by Gasteiger charge is -2.21. The van der Waals surface area contributed by atoms with Gasteiger partial charge in [0, 0.05) is 11.3 Å². The average Bonchev–Trinajstić information content (AvgIpc) is 2.64. The van der Waals surface area contributed by atoms with Crippen molar-refractivity contribution in [1.82, 2.24) is 5.32 Å². The molecule has 2 N–H and O–H groups in total. The van der Waals surface area contributed by atoms with Crippen LogP contribution in [0.5, 0.6) is 0 Å². The average molecular weight is 386 g/mol. The number of aryl methyl sites for hydroxylation is 1. The van der Waals surface area contributed by atoms with Crippen molar-refractivity contribution in [2.45, 2.75) is 26.8 Å². The van der Waals surface area contributed by atoms with E-state index >= 15 is 0 Å². The molecule has 7 heteroatoms. The fourth-order valence-corrected chi connectivity index (χ4v) is 2.53. The van der Waals surface area contributed by atoms with E-state index in [0.717, 1.165) is 11.6 Å². The van der Waals surface area contributed by atoms with Crippen molar-refractivity contribution in [3.63, 3.8) is 0 Å². The summed E-state index contributed by atoms with van der Waals surface area (Å²) in [5, 5.41) is 5.10. The fraction of sp³-hybridized carbons (Fsp3) is 0.286. The zero-order chi connectivity index (χ0) is 20.7. The third-order valence-electron chi connectivity index (χ3n) is 4.05. The van der Waals surface area contributed by atoms with Crippen LogP contribution in [0.25, 0.3) is 0 Å². The topological polar surface area (TPSA) is 84.5 Å². The highest BCUT2D eigenvalue weighted by Gasteiger charge is 2.27. The Morgan fingerprint density at radius 3 is 2.43 bits per heavy atom. The van der Waals surface area contributed by atoms with Gasteiger partial charge in [-0.1, -0.05) is 38.1 Å². The van der Waals surface area contributed by atoms with Crippen LogP contribution < -0.4 is 10.6 Å². The van der Waals surface area contributed by atoms with Crippen LogP contribution >= 0.6 is 0 Å². The first-order chi connectivity index (χ1) is 13.3. The highest BCUT2D eigenvalue weighted by Crippen LogP contribution is 2.11. The minimum atomic E-state index is -0.908. The number of nitrogens with one attached hydrogen (secondary N) is 2. The van der Waals surface area contributed by atoms with Gasteiger partial charge >= 0.3 is 5.97 Å². The molecule has 2 rings (SSSR count). The Bertz CT molecular complexity index is 867. The lowest BCUT2D eigenvalue weighted by atomic mass is 10.0. The van der Waals surface area contributed by atoms with Crippen LogP contribution in [0.3, 0.4) is 0 Å². The number of carbonyl (C=O) groups excluding carboxylic acids is 3. The fourth-order valence-electron chi connectivity index (χ4n) is 2.53. The molecule has 0 heterocycles. The molecule has 148 valence electrons. The van der Waals surface area contributed by atoms with E-state index in [0.29, 0.717) is 5.56 Å². The van der Waals surface area contributed by atoms with Crippen molar-refractivity contribution >= 4 is 23.5 Å². The number of benzene rings is 2. The van der Waals surface area contributed by atoms with E-state index in [9.17, 15) is 18.8 Å². The number of anilines is 1. The number of hydrogen-bond acceptors (Lipinski definition) is 4. The number of ether oxygens (including phenoxy) is 1. The molecule has 2 aromatic carbocycles. The summed E-state index contributed by atoms with van der Waals surface area (Å²) in [6.45, 7) is 4.78. The van der Waals surface area contributed by atoms with Gasteiger partial charge in [-0.15, -0.1) is 0 Å². The number of esters is 1. The molecule has 0 radical (unpaired) electrons. The van der Waals surface area contributed by atoms with Crippen molar-refractivity contribution in [1.29, 1.82) is 0 Å². The first-order valence-corrected chi connectivity index (χ1v) is 8.86. The van der Waals surface area contributed by atoms with Gasteiger partial charge < -0.3 is 15.4 Å². The summed E-state index contributed by atoms with van der Waals surface area (Å²) in [7, 11) is 0. The molecule has 2 aromatic rings. The van der Waals surface area contributed by atoms with E-state index in [1.165, 1.54) is 18.2 Å². The van der Waals surface area contributed by atoms with Gasteiger partial charge in [0.2, 0.25) is 0 Å². The van der Waals surface area contributed by atoms with E-state index < -0.39 is 36.2 Å². The van der Waals surface area contributed by atoms with Gasteiger partial charge in [-0.25, -0.2) is 9.18 Å². The van der Waals surface area contributed by atoms with E-state index in [1.807, 2.05) is 6.07 Å². The quantitative estimate of drug-likeness (QED) is 0.717. The molecule has 0 aliphatic rings. The maximum atomic E-state index is 13.1. The SMILES string of the molecule is Cc1ccccc1C(=O)N[C@H](C(=O)OCC(=O)Nc1cccc(F)c1)C(C)C. The minimum absolute atomic E-state index is 0.244. The third-order valence-corrected chi connectivity index (χ3v) is 4.05. The van der Waals surface area contributed by atoms with Crippen molar-refractivity contribution in [3.05, 3.63) is 65.5 Å². The summed E-state index contributed by atoms with van der Waals surface area (Å²) in [6.07, 6.45) is 0. The Labute approximate surface area is 163 Å². The summed E-state index contributed by atoms with van der Waals surface area (Å²) < 4.78 is 18.2. The molecular weight excluding hydrogens is 363 g/mol. The first kappa shape index (κ1) is 21.1. The smallest absolute Gasteiger partial charge is 0.329 e. The second-order valence-electron chi connectivity index (χ2n) is 6.68. The van der Waals surface area contributed by atoms with Crippen molar-refractivity contribution in [3.8, 4) is 0 Å². The summed E-state index contributed by atoms with van der Waals surface area (Å²) in [5.74, 6) is -2.45. The highest BCUT2D eigenvalue weighted by atomic mass is 19.1. The standard InChI is InChI=1S/C21H23FN2O4/c1-13(2)19(24-20(26)17-10-5-4-7-14(17)3)21(27)28-12-18(25)23-16-9-6-8-15(22)11-16/h4-11,13,19H,12H2,1-3H3,(H,23,25)(H,24,26)/t19-/m0/s1. The monoisotopic (exact) mass is 386 g/mol. The molecule has 0 fully saturated rings. The second-order valence-corrected chi connectivity index (χ2v) is 6.68. The predicted molar refractivity (Wildman–Crippen MR) is 103 cm³/mol. The number of carbonyl (C=O) groups is 3. The van der Waals surface area contributed by atoms with Gasteiger partial charge in [0.05, 0.1) is 0 Å². The van der Waals surface area contributed by atoms with Crippen LogP contribution in [0.1, 0.15) is 29.8 Å². The maximum Gasteiger partial charge on any atom is 0.329 e. The Morgan fingerprint density at radius 1 is 1.07 bits per heavy atom. The van der Waals surface area contributed by atoms with Gasteiger partial charge in [-0.2, -0.15) is 0 Å². The van der Waals surface area contributed by atoms with Crippen LogP contribution in [0.15, 0.2) is 48.5 Å². The lowest BCUT2D eigenvalue weighted by molar-refractivity contribution is -0.150. The summed E-state index contributed by atoms with van der Waals surface area (Å²) >= 11 is 0. The molecule has 0 aliphatic heterocycles. The second kappa shape index (κ2) is 9.64. The Morgan fingerprint density at radius 2 is 1.79 bits per heavy atom. The Kier molecular flexibility index (Phi) is 7.26. The zero-order valence-electron chi connectivity index (χ0n) is 16.0. The molecular formula is C21H23FN2O4. The molecule has 0 unspecified atom stereocenters. The van der Waals surface area contributed by atoms with Gasteiger partial charge in [0.25, 0.3) is 11.8 Å². The van der Waals surface area contributed by atoms with E-state index in [-0.39, 0.29) is 11.6 Å². The lowest BCUT2D eigenvalue weighted by Crippen LogP contribution is -2.46. The van der Waals surface area contributed by atoms with Crippen LogP contribution in [0.4, 0.5) is 10.1 Å². The molecule has 0 aliphatic carbocycles. The van der Waals surface area contributed by atoms with Crippen LogP contribution in [-0.2, 0) is 14.3 Å². The predicted octanol–water partition coefficient (Wildman–Crippen LogP) is 3.07. The maximum absolute atomic E-state index is 13.1. The van der Waals surface area contributed by atoms with Crippen LogP contribution in [0, 0.1) is 18.7 Å². The van der Waals surface area contributed by atoms with E-state index in [4.69, 9.17) is 4.74 Å². The number of amides is 2. The van der Waals surface area contributed by atoms with Gasteiger partial charge in [0.1, 0.15) is 11.9 Å². The normalized spacial score (nSPS) is 11.6. The van der Waals surface area contributed by atoms with Crippen molar-refractivity contribution < 1.29 is 23.5 Å². The molecule has 0 bridgehead atoms. The highest BCUT2D eigenvalue weighted by molar-refractivity contribution is 5.98. The largest absolute Gasteiger partial charge is 0.454 e. The molecule has 0 spiro atoms. The van der Waals surface area contributed by atoms with E-state index in [1.54, 1.807) is 39.0 Å². The van der Waals surface area contributed by atoms with E-state index in [2.05, 4.69) is 10.6 Å². The summed E-state index contributed by atoms with van der Waals surface area (Å²) in [5.41, 5.74) is 1.50. The summed E-state index contributed by atoms with van der Waals surface area (Å²) in [4.78, 5) is 36.7. The molecule has 1 atom stereocenters. The van der Waals surface area contributed by atoms with Gasteiger partial charge in [-0.3, -0.25) is 9.59 Å². The molecule has 2 amide bonds. The molecule has 28 heavy (non-hydrogen) atoms. The Hall–Kier alpha value is -3.22. The number of halogens is 1.